The molecule has 0 bridgehead atoms. The maximum atomic E-state index is 13.0. The molecule has 0 aliphatic carbocycles. The summed E-state index contributed by atoms with van der Waals surface area (Å²) in [6.45, 7) is -0.457. The van der Waals surface area contributed by atoms with Crippen LogP contribution in [0.1, 0.15) is 37.1 Å². The molecule has 1 amide bonds. The number of nitrogens with two attached hydrogens (primary N) is 1. The molecule has 2 heterocycles. The van der Waals surface area contributed by atoms with E-state index in [1.807, 2.05) is 0 Å². The summed E-state index contributed by atoms with van der Waals surface area (Å²) in [5, 5.41) is 3.39. The van der Waals surface area contributed by atoms with Crippen molar-refractivity contribution in [3.8, 4) is 0 Å². The van der Waals surface area contributed by atoms with Crippen LogP contribution in [0.2, 0.25) is 0 Å². The van der Waals surface area contributed by atoms with E-state index in [-0.39, 0.29) is 30.9 Å². The molecular weight excluding hydrogens is 392 g/mol. The lowest BCUT2D eigenvalue weighted by atomic mass is 9.78. The number of piperidine rings is 1. The second-order valence-corrected chi connectivity index (χ2v) is 6.51. The van der Waals surface area contributed by atoms with Gasteiger partial charge in [0.2, 0.25) is 5.91 Å². The molecule has 1 aliphatic heterocycles. The fraction of sp³-hybridized carbons (Fsp3) is 0.600. The minimum atomic E-state index is -3.05. The van der Waals surface area contributed by atoms with Crippen LogP contribution in [0.3, 0.4) is 0 Å². The number of likely N-dealkylation sites (tertiary alicyclic amines) is 1. The van der Waals surface area contributed by atoms with Gasteiger partial charge in [0.05, 0.1) is 12.1 Å². The molecule has 7 nitrogen and oxygen atoms in total. The second kappa shape index (κ2) is 8.19. The summed E-state index contributed by atoms with van der Waals surface area (Å²) in [4.78, 5) is 25.7. The van der Waals surface area contributed by atoms with E-state index in [0.717, 1.165) is 0 Å². The predicted molar refractivity (Wildman–Crippen MR) is 89.2 cm³/mol. The first kappa shape index (κ1) is 21.1. The van der Waals surface area contributed by atoms with Gasteiger partial charge in [-0.25, -0.2) is 17.6 Å². The molecule has 12 heteroatoms. The zero-order chi connectivity index (χ0) is 20.4. The standard InChI is InChI=1S/C15H18F4N4O3S/c1-26-14(25)15(13(20)27)2-4-22(5-3-15)10(24)7-23-9(12(18)19)6-8(21-23)11(16)17/h6,11-12H,2-5,7H2,1H3,(H2,20,27). The number of hydrogen-bond acceptors (Lipinski definition) is 5. The number of halogens is 4. The Morgan fingerprint density at radius 1 is 1.30 bits per heavy atom. The molecule has 2 N–H and O–H groups in total. The molecule has 0 radical (unpaired) electrons. The van der Waals surface area contributed by atoms with E-state index in [9.17, 15) is 27.2 Å². The molecule has 150 valence electrons. The smallest absolute Gasteiger partial charge is 0.318 e. The minimum Gasteiger partial charge on any atom is -0.468 e. The summed E-state index contributed by atoms with van der Waals surface area (Å²) in [5.41, 5.74) is 2.89. The van der Waals surface area contributed by atoms with Crippen LogP contribution >= 0.6 is 12.2 Å². The number of alkyl halides is 4. The Kier molecular flexibility index (Phi) is 6.39. The largest absolute Gasteiger partial charge is 0.468 e. The molecule has 0 saturated carbocycles. The van der Waals surface area contributed by atoms with Gasteiger partial charge in [0, 0.05) is 13.1 Å². The molecule has 0 spiro atoms. The fourth-order valence-corrected chi connectivity index (χ4v) is 3.26. The molecule has 0 aromatic carbocycles. The average Bonchev–Trinajstić information content (AvgIpc) is 3.05. The van der Waals surface area contributed by atoms with Gasteiger partial charge in [-0.1, -0.05) is 12.2 Å². The lowest BCUT2D eigenvalue weighted by molar-refractivity contribution is -0.152. The number of hydrogen-bond donors (Lipinski definition) is 1. The highest BCUT2D eigenvalue weighted by molar-refractivity contribution is 7.80. The Morgan fingerprint density at radius 3 is 2.33 bits per heavy atom. The molecular formula is C15H18F4N4O3S. The van der Waals surface area contributed by atoms with E-state index in [1.165, 1.54) is 12.0 Å². The topological polar surface area (TPSA) is 90.5 Å². The summed E-state index contributed by atoms with van der Waals surface area (Å²) >= 11 is 4.96. The summed E-state index contributed by atoms with van der Waals surface area (Å²) in [6, 6.07) is 0.577. The highest BCUT2D eigenvalue weighted by Gasteiger charge is 2.46. The molecule has 1 aromatic rings. The highest BCUT2D eigenvalue weighted by atomic mass is 32.1. The Balaban J connectivity index is 2.11. The van der Waals surface area contributed by atoms with Crippen molar-refractivity contribution in [1.82, 2.24) is 14.7 Å². The van der Waals surface area contributed by atoms with E-state index < -0.39 is 48.1 Å². The van der Waals surface area contributed by atoms with Crippen molar-refractivity contribution in [3.63, 3.8) is 0 Å². The molecule has 27 heavy (non-hydrogen) atoms. The van der Waals surface area contributed by atoms with Gasteiger partial charge in [-0.15, -0.1) is 0 Å². The maximum Gasteiger partial charge on any atom is 0.318 e. The lowest BCUT2D eigenvalue weighted by Gasteiger charge is -2.38. The molecule has 1 saturated heterocycles. The van der Waals surface area contributed by atoms with Crippen molar-refractivity contribution in [3.05, 3.63) is 17.5 Å². The van der Waals surface area contributed by atoms with Crippen LogP contribution in [0.25, 0.3) is 0 Å². The van der Waals surface area contributed by atoms with Crippen LogP contribution in [0.15, 0.2) is 6.07 Å². The zero-order valence-corrected chi connectivity index (χ0v) is 15.1. The van der Waals surface area contributed by atoms with E-state index in [1.54, 1.807) is 0 Å². The van der Waals surface area contributed by atoms with Crippen LogP contribution in [-0.4, -0.2) is 51.7 Å². The van der Waals surface area contributed by atoms with E-state index in [2.05, 4.69) is 5.10 Å². The van der Waals surface area contributed by atoms with Crippen LogP contribution < -0.4 is 5.73 Å². The van der Waals surface area contributed by atoms with E-state index in [4.69, 9.17) is 22.7 Å². The third kappa shape index (κ3) is 4.20. The van der Waals surface area contributed by atoms with Gasteiger partial charge in [0.25, 0.3) is 12.9 Å². The summed E-state index contributed by atoms with van der Waals surface area (Å²) < 4.78 is 56.7. The Morgan fingerprint density at radius 2 is 1.89 bits per heavy atom. The quantitative estimate of drug-likeness (QED) is 0.437. The van der Waals surface area contributed by atoms with Crippen molar-refractivity contribution in [2.75, 3.05) is 20.2 Å². The SMILES string of the molecule is COC(=O)C1(C(N)=S)CCN(C(=O)Cn2nc(C(F)F)cc2C(F)F)CC1. The van der Waals surface area contributed by atoms with Crippen molar-refractivity contribution in [2.45, 2.75) is 32.2 Å². The number of aromatic nitrogens is 2. The number of carbonyl (C=O) groups is 2. The number of ether oxygens (including phenoxy) is 1. The van der Waals surface area contributed by atoms with Crippen molar-refractivity contribution in [1.29, 1.82) is 0 Å². The normalized spacial score (nSPS) is 16.6. The van der Waals surface area contributed by atoms with Gasteiger partial charge in [-0.3, -0.25) is 14.3 Å². The van der Waals surface area contributed by atoms with E-state index >= 15 is 0 Å². The molecule has 1 fully saturated rings. The van der Waals surface area contributed by atoms with Gasteiger partial charge in [0.15, 0.2) is 0 Å². The number of thiocarbonyl (C=S) groups is 1. The van der Waals surface area contributed by atoms with Crippen LogP contribution in [0.4, 0.5) is 17.6 Å². The van der Waals surface area contributed by atoms with Crippen LogP contribution in [0.5, 0.6) is 0 Å². The molecule has 1 aliphatic rings. The molecule has 0 unspecified atom stereocenters. The zero-order valence-electron chi connectivity index (χ0n) is 14.3. The van der Waals surface area contributed by atoms with Crippen molar-refractivity contribution < 1.29 is 31.9 Å². The Bertz CT molecular complexity index is 733. The number of nitrogens with zero attached hydrogens (tertiary/aromatic N) is 3. The second-order valence-electron chi connectivity index (χ2n) is 6.07. The molecule has 1 aromatic heterocycles. The fourth-order valence-electron chi connectivity index (χ4n) is 2.97. The van der Waals surface area contributed by atoms with Gasteiger partial charge in [-0.05, 0) is 18.9 Å². The van der Waals surface area contributed by atoms with Gasteiger partial charge in [0.1, 0.15) is 23.3 Å². The summed E-state index contributed by atoms with van der Waals surface area (Å²) in [6.07, 6.45) is -5.85. The van der Waals surface area contributed by atoms with E-state index in [0.29, 0.717) is 10.7 Å². The molecule has 2 rings (SSSR count). The lowest BCUT2D eigenvalue weighted by Crippen LogP contribution is -2.53. The van der Waals surface area contributed by atoms with Crippen molar-refractivity contribution in [2.24, 2.45) is 11.1 Å². The first-order valence-corrected chi connectivity index (χ1v) is 8.33. The van der Waals surface area contributed by atoms with Crippen LogP contribution in [0, 0.1) is 5.41 Å². The first-order valence-electron chi connectivity index (χ1n) is 7.92. The number of amides is 1. The number of carbonyl (C=O) groups excluding carboxylic acids is 2. The van der Waals surface area contributed by atoms with Gasteiger partial charge in [-0.2, -0.15) is 5.10 Å². The first-order chi connectivity index (χ1) is 12.6. The summed E-state index contributed by atoms with van der Waals surface area (Å²) in [5.74, 6) is -1.20. The maximum absolute atomic E-state index is 13.0. The predicted octanol–water partition coefficient (Wildman–Crippen LogP) is 1.83. The summed E-state index contributed by atoms with van der Waals surface area (Å²) in [7, 11) is 1.20. The van der Waals surface area contributed by atoms with Gasteiger partial charge < -0.3 is 15.4 Å². The van der Waals surface area contributed by atoms with Crippen molar-refractivity contribution >= 4 is 29.1 Å². The van der Waals surface area contributed by atoms with Crippen LogP contribution in [-0.2, 0) is 20.9 Å². The molecule has 0 atom stereocenters. The minimum absolute atomic E-state index is 0.0462. The third-order valence-electron chi connectivity index (χ3n) is 4.58. The Labute approximate surface area is 157 Å². The number of esters is 1. The highest BCUT2D eigenvalue weighted by Crippen LogP contribution is 2.33. The number of rotatable bonds is 6. The Hall–Kier alpha value is -2.24. The van der Waals surface area contributed by atoms with Gasteiger partial charge >= 0.3 is 5.97 Å². The number of methoxy groups -OCH3 is 1. The monoisotopic (exact) mass is 410 g/mol. The average molecular weight is 410 g/mol. The third-order valence-corrected chi connectivity index (χ3v) is 4.97.